The van der Waals surface area contributed by atoms with Crippen molar-refractivity contribution in [1.29, 1.82) is 0 Å². The quantitative estimate of drug-likeness (QED) is 0.668. The van der Waals surface area contributed by atoms with Gasteiger partial charge in [0, 0.05) is 11.3 Å². The van der Waals surface area contributed by atoms with Gasteiger partial charge >= 0.3 is 0 Å². The number of aromatic nitrogens is 3. The smallest absolute Gasteiger partial charge is 0.255 e. The lowest BCUT2D eigenvalue weighted by Crippen LogP contribution is -2.11. The minimum Gasteiger partial charge on any atom is -0.494 e. The normalized spacial score (nSPS) is 10.4. The lowest BCUT2D eigenvalue weighted by atomic mass is 10.2. The predicted molar refractivity (Wildman–Crippen MR) is 96.2 cm³/mol. The van der Waals surface area contributed by atoms with Gasteiger partial charge in [0.2, 0.25) is 0 Å². The molecule has 1 amide bonds. The molecule has 0 aliphatic rings. The monoisotopic (exact) mass is 336 g/mol. The molecule has 0 atom stereocenters. The average Bonchev–Trinajstić information content (AvgIpc) is 3.18. The Morgan fingerprint density at radius 2 is 1.88 bits per heavy atom. The topological polar surface area (TPSA) is 69.0 Å². The molecule has 1 aromatic heterocycles. The van der Waals surface area contributed by atoms with Crippen molar-refractivity contribution < 1.29 is 9.53 Å². The van der Waals surface area contributed by atoms with Crippen molar-refractivity contribution in [2.45, 2.75) is 19.8 Å². The number of nitrogens with zero attached hydrogens (tertiary/aromatic N) is 3. The van der Waals surface area contributed by atoms with E-state index in [1.807, 2.05) is 36.4 Å². The standard InChI is InChI=1S/C19H20N4O2/c1-2-3-12-25-18-10-4-15(5-11-18)19(24)22-16-6-8-17(9-7-16)23-14-20-13-21-23/h4-11,13-14H,2-3,12H2,1H3,(H,22,24). The first-order chi connectivity index (χ1) is 12.3. The summed E-state index contributed by atoms with van der Waals surface area (Å²) in [4.78, 5) is 16.2. The number of carbonyl (C=O) groups excluding carboxylic acids is 1. The molecule has 3 rings (SSSR count). The Morgan fingerprint density at radius 1 is 1.12 bits per heavy atom. The highest BCUT2D eigenvalue weighted by molar-refractivity contribution is 6.04. The van der Waals surface area contributed by atoms with E-state index in [2.05, 4.69) is 22.3 Å². The SMILES string of the molecule is CCCCOc1ccc(C(=O)Nc2ccc(-n3cncn3)cc2)cc1. The number of carbonyl (C=O) groups is 1. The van der Waals surface area contributed by atoms with Crippen LogP contribution in [-0.2, 0) is 0 Å². The highest BCUT2D eigenvalue weighted by Gasteiger charge is 2.07. The van der Waals surface area contributed by atoms with Gasteiger partial charge in [-0.2, -0.15) is 5.10 Å². The van der Waals surface area contributed by atoms with Gasteiger partial charge in [0.1, 0.15) is 18.4 Å². The summed E-state index contributed by atoms with van der Waals surface area (Å²) in [5.41, 5.74) is 2.18. The van der Waals surface area contributed by atoms with Crippen molar-refractivity contribution in [1.82, 2.24) is 14.8 Å². The van der Waals surface area contributed by atoms with Crippen LogP contribution in [-0.4, -0.2) is 27.3 Å². The van der Waals surface area contributed by atoms with Crippen LogP contribution in [0.15, 0.2) is 61.2 Å². The number of nitrogens with one attached hydrogen (secondary N) is 1. The molecular formula is C19H20N4O2. The van der Waals surface area contributed by atoms with E-state index in [1.54, 1.807) is 23.1 Å². The first-order valence-corrected chi connectivity index (χ1v) is 8.25. The van der Waals surface area contributed by atoms with E-state index in [1.165, 1.54) is 6.33 Å². The summed E-state index contributed by atoms with van der Waals surface area (Å²) in [6.45, 7) is 2.81. The van der Waals surface area contributed by atoms with Crippen LogP contribution in [0.25, 0.3) is 5.69 Å². The molecule has 0 saturated heterocycles. The zero-order chi connectivity index (χ0) is 17.5. The van der Waals surface area contributed by atoms with Gasteiger partial charge in [0.25, 0.3) is 5.91 Å². The Kier molecular flexibility index (Phi) is 5.41. The molecule has 0 radical (unpaired) electrons. The highest BCUT2D eigenvalue weighted by Crippen LogP contribution is 2.16. The fourth-order valence-corrected chi connectivity index (χ4v) is 2.28. The van der Waals surface area contributed by atoms with Gasteiger partial charge < -0.3 is 10.1 Å². The number of ether oxygens (including phenoxy) is 1. The number of unbranched alkanes of at least 4 members (excludes halogenated alkanes) is 1. The molecule has 2 aromatic carbocycles. The van der Waals surface area contributed by atoms with Crippen LogP contribution in [0.5, 0.6) is 5.75 Å². The molecule has 0 unspecified atom stereocenters. The van der Waals surface area contributed by atoms with Crippen molar-refractivity contribution in [3.63, 3.8) is 0 Å². The van der Waals surface area contributed by atoms with Crippen molar-refractivity contribution in [2.75, 3.05) is 11.9 Å². The molecule has 128 valence electrons. The van der Waals surface area contributed by atoms with Gasteiger partial charge in [-0.05, 0) is 55.0 Å². The van der Waals surface area contributed by atoms with Gasteiger partial charge in [0.05, 0.1) is 12.3 Å². The van der Waals surface area contributed by atoms with Crippen molar-refractivity contribution in [3.05, 3.63) is 66.7 Å². The van der Waals surface area contributed by atoms with E-state index in [0.29, 0.717) is 12.2 Å². The first kappa shape index (κ1) is 16.7. The Bertz CT molecular complexity index is 796. The highest BCUT2D eigenvalue weighted by atomic mass is 16.5. The molecule has 6 heteroatoms. The van der Waals surface area contributed by atoms with Crippen molar-refractivity contribution in [2.24, 2.45) is 0 Å². The molecule has 0 spiro atoms. The second-order valence-corrected chi connectivity index (χ2v) is 5.57. The molecular weight excluding hydrogens is 316 g/mol. The van der Waals surface area contributed by atoms with Gasteiger partial charge in [-0.3, -0.25) is 4.79 Å². The summed E-state index contributed by atoms with van der Waals surface area (Å²) in [7, 11) is 0. The van der Waals surface area contributed by atoms with E-state index >= 15 is 0 Å². The summed E-state index contributed by atoms with van der Waals surface area (Å²) in [5, 5.41) is 6.94. The zero-order valence-corrected chi connectivity index (χ0v) is 14.1. The van der Waals surface area contributed by atoms with E-state index in [9.17, 15) is 4.79 Å². The largest absolute Gasteiger partial charge is 0.494 e. The van der Waals surface area contributed by atoms with Gasteiger partial charge in [-0.25, -0.2) is 9.67 Å². The average molecular weight is 336 g/mol. The molecule has 1 heterocycles. The van der Waals surface area contributed by atoms with Crippen LogP contribution < -0.4 is 10.1 Å². The van der Waals surface area contributed by atoms with Crippen LogP contribution in [0.1, 0.15) is 30.1 Å². The van der Waals surface area contributed by atoms with Crippen LogP contribution in [0.2, 0.25) is 0 Å². The third kappa shape index (κ3) is 4.44. The number of anilines is 1. The van der Waals surface area contributed by atoms with Crippen LogP contribution in [0, 0.1) is 0 Å². The van der Waals surface area contributed by atoms with Crippen LogP contribution in [0.4, 0.5) is 5.69 Å². The summed E-state index contributed by atoms with van der Waals surface area (Å²) in [5.74, 6) is 0.621. The minimum absolute atomic E-state index is 0.159. The molecule has 0 aliphatic carbocycles. The van der Waals surface area contributed by atoms with Crippen LogP contribution in [0.3, 0.4) is 0 Å². The maximum Gasteiger partial charge on any atom is 0.255 e. The summed E-state index contributed by atoms with van der Waals surface area (Å²) < 4.78 is 7.26. The molecule has 6 nitrogen and oxygen atoms in total. The lowest BCUT2D eigenvalue weighted by Gasteiger charge is -2.08. The lowest BCUT2D eigenvalue weighted by molar-refractivity contribution is 0.102. The Labute approximate surface area is 146 Å². The number of benzene rings is 2. The van der Waals surface area contributed by atoms with Gasteiger partial charge in [-0.15, -0.1) is 0 Å². The molecule has 0 aliphatic heterocycles. The van der Waals surface area contributed by atoms with Crippen molar-refractivity contribution in [3.8, 4) is 11.4 Å². The number of amides is 1. The van der Waals surface area contributed by atoms with Crippen LogP contribution >= 0.6 is 0 Å². The van der Waals surface area contributed by atoms with E-state index in [-0.39, 0.29) is 5.91 Å². The first-order valence-electron chi connectivity index (χ1n) is 8.25. The zero-order valence-electron chi connectivity index (χ0n) is 14.1. The maximum absolute atomic E-state index is 12.3. The second-order valence-electron chi connectivity index (χ2n) is 5.57. The number of hydrogen-bond acceptors (Lipinski definition) is 4. The fourth-order valence-electron chi connectivity index (χ4n) is 2.28. The second kappa shape index (κ2) is 8.10. The Balaban J connectivity index is 1.60. The molecule has 1 N–H and O–H groups in total. The molecule has 0 bridgehead atoms. The third-order valence-electron chi connectivity index (χ3n) is 3.69. The van der Waals surface area contributed by atoms with E-state index in [4.69, 9.17) is 4.74 Å². The number of rotatable bonds is 7. The predicted octanol–water partition coefficient (Wildman–Crippen LogP) is 3.70. The minimum atomic E-state index is -0.159. The van der Waals surface area contributed by atoms with E-state index < -0.39 is 0 Å². The van der Waals surface area contributed by atoms with Crippen molar-refractivity contribution >= 4 is 11.6 Å². The molecule has 3 aromatic rings. The van der Waals surface area contributed by atoms with Gasteiger partial charge in [0.15, 0.2) is 0 Å². The third-order valence-corrected chi connectivity index (χ3v) is 3.69. The summed E-state index contributed by atoms with van der Waals surface area (Å²) in [6.07, 6.45) is 5.21. The maximum atomic E-state index is 12.3. The molecule has 0 fully saturated rings. The molecule has 0 saturated carbocycles. The fraction of sp³-hybridized carbons (Fsp3) is 0.211. The summed E-state index contributed by atoms with van der Waals surface area (Å²) >= 11 is 0. The molecule has 25 heavy (non-hydrogen) atoms. The Morgan fingerprint density at radius 3 is 2.52 bits per heavy atom. The summed E-state index contributed by atoms with van der Waals surface area (Å²) in [6, 6.07) is 14.6. The Hall–Kier alpha value is -3.15. The van der Waals surface area contributed by atoms with Gasteiger partial charge in [-0.1, -0.05) is 13.3 Å². The number of hydrogen-bond donors (Lipinski definition) is 1. The van der Waals surface area contributed by atoms with E-state index in [0.717, 1.165) is 30.0 Å².